The molecule has 3 N–H and O–H groups in total. The number of hydrogen-bond donors (Lipinski definition) is 2. The van der Waals surface area contributed by atoms with E-state index in [1.807, 2.05) is 12.1 Å². The molecule has 1 aromatic rings. The van der Waals surface area contributed by atoms with Gasteiger partial charge in [-0.3, -0.25) is 4.79 Å². The van der Waals surface area contributed by atoms with Crippen molar-refractivity contribution >= 4 is 11.6 Å². The van der Waals surface area contributed by atoms with Crippen LogP contribution in [0.25, 0.3) is 0 Å². The maximum absolute atomic E-state index is 11.5. The molecule has 4 heteroatoms. The summed E-state index contributed by atoms with van der Waals surface area (Å²) in [6, 6.07) is 5.41. The van der Waals surface area contributed by atoms with Crippen molar-refractivity contribution in [2.75, 3.05) is 12.8 Å². The van der Waals surface area contributed by atoms with E-state index in [4.69, 9.17) is 10.5 Å². The lowest BCUT2D eigenvalue weighted by molar-refractivity contribution is -0.121. The summed E-state index contributed by atoms with van der Waals surface area (Å²) in [5, 5.41) is 2.86. The van der Waals surface area contributed by atoms with Crippen LogP contribution in [0.3, 0.4) is 0 Å². The molecule has 0 saturated carbocycles. The van der Waals surface area contributed by atoms with Crippen molar-refractivity contribution in [1.82, 2.24) is 5.32 Å². The quantitative estimate of drug-likeness (QED) is 0.743. The Kier molecular flexibility index (Phi) is 5.33. The number of rotatable bonds is 6. The Morgan fingerprint density at radius 1 is 1.47 bits per heavy atom. The van der Waals surface area contributed by atoms with E-state index >= 15 is 0 Å². The SMILES string of the molecule is CCCCC(=O)NCc1cc(N)ccc1OC. The minimum absolute atomic E-state index is 0.0660. The number of methoxy groups -OCH3 is 1. The number of anilines is 1. The summed E-state index contributed by atoms with van der Waals surface area (Å²) in [7, 11) is 1.61. The van der Waals surface area contributed by atoms with Crippen molar-refractivity contribution in [1.29, 1.82) is 0 Å². The molecule has 0 heterocycles. The van der Waals surface area contributed by atoms with Gasteiger partial charge in [0.1, 0.15) is 5.75 Å². The van der Waals surface area contributed by atoms with Gasteiger partial charge in [-0.25, -0.2) is 0 Å². The lowest BCUT2D eigenvalue weighted by Gasteiger charge is -2.10. The monoisotopic (exact) mass is 236 g/mol. The van der Waals surface area contributed by atoms with Gasteiger partial charge in [0.25, 0.3) is 0 Å². The Morgan fingerprint density at radius 3 is 2.88 bits per heavy atom. The van der Waals surface area contributed by atoms with Crippen LogP contribution in [0.2, 0.25) is 0 Å². The first-order valence-electron chi connectivity index (χ1n) is 5.86. The molecular weight excluding hydrogens is 216 g/mol. The zero-order valence-corrected chi connectivity index (χ0v) is 10.5. The van der Waals surface area contributed by atoms with E-state index in [2.05, 4.69) is 12.2 Å². The number of ether oxygens (including phenoxy) is 1. The zero-order valence-electron chi connectivity index (χ0n) is 10.5. The molecule has 1 rings (SSSR count). The van der Waals surface area contributed by atoms with Gasteiger partial charge in [-0.05, 0) is 24.6 Å². The topological polar surface area (TPSA) is 64.4 Å². The van der Waals surface area contributed by atoms with E-state index in [0.29, 0.717) is 18.7 Å². The predicted molar refractivity (Wildman–Crippen MR) is 68.8 cm³/mol. The Morgan fingerprint density at radius 2 is 2.24 bits per heavy atom. The van der Waals surface area contributed by atoms with Crippen LogP contribution in [-0.4, -0.2) is 13.0 Å². The molecule has 0 radical (unpaired) electrons. The van der Waals surface area contributed by atoms with Crippen LogP contribution in [0.15, 0.2) is 18.2 Å². The fraction of sp³-hybridized carbons (Fsp3) is 0.462. The molecule has 1 amide bonds. The van der Waals surface area contributed by atoms with Gasteiger partial charge < -0.3 is 15.8 Å². The van der Waals surface area contributed by atoms with E-state index in [1.165, 1.54) is 0 Å². The number of nitrogens with two attached hydrogens (primary N) is 1. The molecule has 0 aliphatic heterocycles. The van der Waals surface area contributed by atoms with Gasteiger partial charge in [0.2, 0.25) is 5.91 Å². The summed E-state index contributed by atoms with van der Waals surface area (Å²) in [6.45, 7) is 2.52. The van der Waals surface area contributed by atoms with Gasteiger partial charge in [0.05, 0.1) is 7.11 Å². The summed E-state index contributed by atoms with van der Waals surface area (Å²) in [4.78, 5) is 11.5. The molecule has 94 valence electrons. The number of nitrogens with one attached hydrogen (secondary N) is 1. The molecule has 0 fully saturated rings. The Bertz CT molecular complexity index is 378. The molecule has 0 aliphatic rings. The third kappa shape index (κ3) is 4.34. The van der Waals surface area contributed by atoms with Crippen LogP contribution in [-0.2, 0) is 11.3 Å². The summed E-state index contributed by atoms with van der Waals surface area (Å²) in [5.74, 6) is 0.811. The highest BCUT2D eigenvalue weighted by Crippen LogP contribution is 2.20. The lowest BCUT2D eigenvalue weighted by Crippen LogP contribution is -2.22. The normalized spacial score (nSPS) is 10.0. The molecule has 0 bridgehead atoms. The number of hydrogen-bond acceptors (Lipinski definition) is 3. The third-order valence-corrected chi connectivity index (χ3v) is 2.54. The van der Waals surface area contributed by atoms with Crippen LogP contribution >= 0.6 is 0 Å². The fourth-order valence-corrected chi connectivity index (χ4v) is 1.56. The highest BCUT2D eigenvalue weighted by atomic mass is 16.5. The molecule has 1 aromatic carbocycles. The first-order chi connectivity index (χ1) is 8.17. The Hall–Kier alpha value is -1.71. The molecule has 4 nitrogen and oxygen atoms in total. The molecule has 0 saturated heterocycles. The highest BCUT2D eigenvalue weighted by Gasteiger charge is 2.05. The highest BCUT2D eigenvalue weighted by molar-refractivity contribution is 5.75. The van der Waals surface area contributed by atoms with E-state index in [0.717, 1.165) is 24.2 Å². The summed E-state index contributed by atoms with van der Waals surface area (Å²) >= 11 is 0. The predicted octanol–water partition coefficient (Wildman–Crippen LogP) is 2.08. The second-order valence-corrected chi connectivity index (χ2v) is 3.95. The summed E-state index contributed by atoms with van der Waals surface area (Å²) < 4.78 is 5.21. The number of benzene rings is 1. The summed E-state index contributed by atoms with van der Waals surface area (Å²) in [5.41, 5.74) is 7.27. The van der Waals surface area contributed by atoms with Crippen molar-refractivity contribution in [3.8, 4) is 5.75 Å². The zero-order chi connectivity index (χ0) is 12.7. The number of amides is 1. The minimum atomic E-state index is 0.0660. The molecule has 0 unspecified atom stereocenters. The van der Waals surface area contributed by atoms with Gasteiger partial charge in [-0.15, -0.1) is 0 Å². The van der Waals surface area contributed by atoms with Gasteiger partial charge in [0, 0.05) is 24.2 Å². The molecule has 17 heavy (non-hydrogen) atoms. The van der Waals surface area contributed by atoms with Crippen LogP contribution in [0.4, 0.5) is 5.69 Å². The maximum atomic E-state index is 11.5. The first-order valence-corrected chi connectivity index (χ1v) is 5.86. The average Bonchev–Trinajstić information content (AvgIpc) is 2.34. The Labute approximate surface area is 102 Å². The second kappa shape index (κ2) is 6.78. The Balaban J connectivity index is 2.56. The van der Waals surface area contributed by atoms with Gasteiger partial charge >= 0.3 is 0 Å². The fourth-order valence-electron chi connectivity index (χ4n) is 1.56. The van der Waals surface area contributed by atoms with Crippen LogP contribution < -0.4 is 15.8 Å². The second-order valence-electron chi connectivity index (χ2n) is 3.95. The molecule has 0 aromatic heterocycles. The van der Waals surface area contributed by atoms with E-state index in [9.17, 15) is 4.79 Å². The van der Waals surface area contributed by atoms with Crippen molar-refractivity contribution in [3.05, 3.63) is 23.8 Å². The summed E-state index contributed by atoms with van der Waals surface area (Å²) in [6.07, 6.45) is 2.51. The number of carbonyl (C=O) groups excluding carboxylic acids is 1. The maximum Gasteiger partial charge on any atom is 0.220 e. The van der Waals surface area contributed by atoms with E-state index < -0.39 is 0 Å². The van der Waals surface area contributed by atoms with Crippen molar-refractivity contribution in [3.63, 3.8) is 0 Å². The molecular formula is C13H20N2O2. The molecule has 0 atom stereocenters. The van der Waals surface area contributed by atoms with Crippen LogP contribution in [0.5, 0.6) is 5.75 Å². The number of unbranched alkanes of at least 4 members (excludes halogenated alkanes) is 1. The van der Waals surface area contributed by atoms with Gasteiger partial charge in [-0.2, -0.15) is 0 Å². The van der Waals surface area contributed by atoms with Crippen molar-refractivity contribution in [2.45, 2.75) is 32.7 Å². The number of carbonyl (C=O) groups is 1. The van der Waals surface area contributed by atoms with Crippen molar-refractivity contribution in [2.24, 2.45) is 0 Å². The third-order valence-electron chi connectivity index (χ3n) is 2.54. The van der Waals surface area contributed by atoms with Gasteiger partial charge in [-0.1, -0.05) is 13.3 Å². The molecule has 0 aliphatic carbocycles. The number of nitrogen functional groups attached to an aromatic ring is 1. The van der Waals surface area contributed by atoms with Crippen molar-refractivity contribution < 1.29 is 9.53 Å². The van der Waals surface area contributed by atoms with Crippen LogP contribution in [0, 0.1) is 0 Å². The van der Waals surface area contributed by atoms with Gasteiger partial charge in [0.15, 0.2) is 0 Å². The minimum Gasteiger partial charge on any atom is -0.496 e. The van der Waals surface area contributed by atoms with Crippen LogP contribution in [0.1, 0.15) is 31.7 Å². The standard InChI is InChI=1S/C13H20N2O2/c1-3-4-5-13(16)15-9-10-8-11(14)6-7-12(10)17-2/h6-8H,3-5,9,14H2,1-2H3,(H,15,16). The largest absolute Gasteiger partial charge is 0.496 e. The smallest absolute Gasteiger partial charge is 0.220 e. The average molecular weight is 236 g/mol. The first kappa shape index (κ1) is 13.4. The van der Waals surface area contributed by atoms with E-state index in [-0.39, 0.29) is 5.91 Å². The lowest BCUT2D eigenvalue weighted by atomic mass is 10.1. The van der Waals surface area contributed by atoms with E-state index in [1.54, 1.807) is 13.2 Å². The molecule has 0 spiro atoms.